The van der Waals surface area contributed by atoms with E-state index in [4.69, 9.17) is 4.74 Å². The second kappa shape index (κ2) is 8.44. The Hall–Kier alpha value is -2.38. The molecule has 2 amide bonds. The van der Waals surface area contributed by atoms with Gasteiger partial charge in [-0.05, 0) is 45.4 Å². The van der Waals surface area contributed by atoms with Crippen LogP contribution in [0.15, 0.2) is 29.2 Å². The van der Waals surface area contributed by atoms with Gasteiger partial charge in [0, 0.05) is 23.6 Å². The van der Waals surface area contributed by atoms with E-state index in [1.807, 2.05) is 0 Å². The minimum absolute atomic E-state index is 0.209. The Balaban J connectivity index is 1.83. The van der Waals surface area contributed by atoms with Crippen molar-refractivity contribution in [2.75, 3.05) is 5.32 Å². The number of hydrogen-bond donors (Lipinski definition) is 4. The van der Waals surface area contributed by atoms with E-state index < -0.39 is 73.8 Å². The number of aliphatic hydroxyl groups excluding tert-OH is 2. The molecule has 0 aliphatic heterocycles. The third-order valence-corrected chi connectivity index (χ3v) is 7.27. The summed E-state index contributed by atoms with van der Waals surface area (Å²) in [6, 6.07) is 2.77. The van der Waals surface area contributed by atoms with Crippen LogP contribution in [0.3, 0.4) is 0 Å². The molecule has 13 heteroatoms. The van der Waals surface area contributed by atoms with Crippen LogP contribution in [-0.4, -0.2) is 60.0 Å². The number of amides is 2. The van der Waals surface area contributed by atoms with Crippen LogP contribution in [0.2, 0.25) is 0 Å². The lowest BCUT2D eigenvalue weighted by Crippen LogP contribution is -2.56. The number of halogens is 3. The van der Waals surface area contributed by atoms with Crippen LogP contribution in [-0.2, 0) is 19.4 Å². The molecule has 2 fully saturated rings. The fourth-order valence-corrected chi connectivity index (χ4v) is 5.26. The predicted octanol–water partition coefficient (Wildman–Crippen LogP) is 1.80. The maximum absolute atomic E-state index is 13.0. The van der Waals surface area contributed by atoms with Crippen molar-refractivity contribution in [3.8, 4) is 0 Å². The van der Waals surface area contributed by atoms with Crippen LogP contribution in [0.5, 0.6) is 0 Å². The lowest BCUT2D eigenvalue weighted by molar-refractivity contribution is -0.127. The van der Waals surface area contributed by atoms with Crippen LogP contribution in [0.4, 0.5) is 23.7 Å². The maximum Gasteiger partial charge on any atom is 0.501 e. The molecule has 0 unspecified atom stereocenters. The molecule has 2 saturated carbocycles. The Morgan fingerprint density at radius 2 is 1.70 bits per heavy atom. The first kappa shape index (κ1) is 25.2. The molecular formula is C20H25F3N2O7S. The van der Waals surface area contributed by atoms with Crippen LogP contribution >= 0.6 is 0 Å². The summed E-state index contributed by atoms with van der Waals surface area (Å²) in [5.41, 5.74) is -6.55. The Morgan fingerprint density at radius 1 is 1.09 bits per heavy atom. The quantitative estimate of drug-likeness (QED) is 0.500. The Kier molecular flexibility index (Phi) is 6.46. The highest BCUT2D eigenvalue weighted by atomic mass is 32.2. The molecule has 9 nitrogen and oxygen atoms in total. The number of anilines is 1. The lowest BCUT2D eigenvalue weighted by Gasteiger charge is -2.36. The van der Waals surface area contributed by atoms with E-state index in [-0.39, 0.29) is 12.1 Å². The molecule has 1 aromatic carbocycles. The number of alkyl carbamates (subject to hydrolysis) is 1. The van der Waals surface area contributed by atoms with Crippen molar-refractivity contribution in [3.63, 3.8) is 0 Å². The standard InChI is InChI=1S/C20H25F3N2O7S/c1-19(2,3)32-18(29)25-14-12-8-11(15(26)16(12)27)13(14)17(28)24-9-5-4-6-10(7-9)33(30,31)20(21,22)23/h4-7,11-16,26-27H,8H2,1-3H3,(H,24,28)(H,25,29)/t11-,12+,13+,14-,15-,16+/m1/s1. The monoisotopic (exact) mass is 494 g/mol. The summed E-state index contributed by atoms with van der Waals surface area (Å²) in [5.74, 6) is -3.17. The summed E-state index contributed by atoms with van der Waals surface area (Å²) < 4.78 is 67.1. The van der Waals surface area contributed by atoms with Crippen molar-refractivity contribution in [3.05, 3.63) is 24.3 Å². The largest absolute Gasteiger partial charge is 0.501 e. The summed E-state index contributed by atoms with van der Waals surface area (Å²) in [4.78, 5) is 24.3. The van der Waals surface area contributed by atoms with Gasteiger partial charge in [-0.1, -0.05) is 6.07 Å². The predicted molar refractivity (Wildman–Crippen MR) is 109 cm³/mol. The molecule has 0 heterocycles. The third-order valence-electron chi connectivity index (χ3n) is 5.78. The topological polar surface area (TPSA) is 142 Å². The van der Waals surface area contributed by atoms with Crippen molar-refractivity contribution < 1.29 is 46.1 Å². The SMILES string of the molecule is CC(C)(C)OC(=O)N[C@@H]1[C@@H]2C[C@@H]([C@@H](O)[C@H]2O)[C@@H]1C(=O)Nc1cccc(S(=O)(=O)C(F)(F)F)c1. The molecule has 2 aliphatic carbocycles. The van der Waals surface area contributed by atoms with Crippen LogP contribution in [0.25, 0.3) is 0 Å². The van der Waals surface area contributed by atoms with Gasteiger partial charge in [0.05, 0.1) is 23.0 Å². The Bertz CT molecular complexity index is 1040. The molecule has 2 bridgehead atoms. The van der Waals surface area contributed by atoms with Gasteiger partial charge in [-0.15, -0.1) is 0 Å². The number of carbonyl (C=O) groups excluding carboxylic acids is 2. The van der Waals surface area contributed by atoms with E-state index >= 15 is 0 Å². The van der Waals surface area contributed by atoms with Gasteiger partial charge >= 0.3 is 11.6 Å². The molecule has 0 aromatic heterocycles. The van der Waals surface area contributed by atoms with Crippen molar-refractivity contribution in [1.82, 2.24) is 5.32 Å². The number of alkyl halides is 3. The number of fused-ring (bicyclic) bond motifs is 2. The van der Waals surface area contributed by atoms with E-state index in [2.05, 4.69) is 10.6 Å². The molecule has 184 valence electrons. The zero-order valence-corrected chi connectivity index (χ0v) is 18.8. The summed E-state index contributed by atoms with van der Waals surface area (Å²) in [6.45, 7) is 4.91. The Morgan fingerprint density at radius 3 is 2.27 bits per heavy atom. The van der Waals surface area contributed by atoms with Gasteiger partial charge in [-0.25, -0.2) is 13.2 Å². The van der Waals surface area contributed by atoms with Crippen molar-refractivity contribution >= 4 is 27.5 Å². The zero-order chi connectivity index (χ0) is 24.9. The van der Waals surface area contributed by atoms with Crippen molar-refractivity contribution in [2.45, 2.75) is 61.4 Å². The smallest absolute Gasteiger partial charge is 0.444 e. The van der Waals surface area contributed by atoms with Gasteiger partial charge in [0.25, 0.3) is 9.84 Å². The summed E-state index contributed by atoms with van der Waals surface area (Å²) >= 11 is 0. The molecular weight excluding hydrogens is 469 g/mol. The van der Waals surface area contributed by atoms with E-state index in [1.54, 1.807) is 20.8 Å². The molecule has 0 spiro atoms. The molecule has 1 aromatic rings. The average Bonchev–Trinajstić information content (AvgIpc) is 3.16. The number of rotatable bonds is 4. The molecule has 0 radical (unpaired) electrons. The van der Waals surface area contributed by atoms with Crippen LogP contribution in [0, 0.1) is 17.8 Å². The van der Waals surface area contributed by atoms with Crippen LogP contribution < -0.4 is 10.6 Å². The molecule has 4 N–H and O–H groups in total. The first-order valence-electron chi connectivity index (χ1n) is 10.1. The van der Waals surface area contributed by atoms with Gasteiger partial charge in [0.15, 0.2) is 0 Å². The number of benzene rings is 1. The number of ether oxygens (including phenoxy) is 1. The van der Waals surface area contributed by atoms with E-state index in [1.165, 1.54) is 6.07 Å². The molecule has 0 saturated heterocycles. The second-order valence-corrected chi connectivity index (χ2v) is 11.1. The molecule has 3 rings (SSSR count). The first-order chi connectivity index (χ1) is 15.0. The number of hydrogen-bond acceptors (Lipinski definition) is 7. The lowest BCUT2D eigenvalue weighted by atomic mass is 9.80. The zero-order valence-electron chi connectivity index (χ0n) is 18.0. The number of nitrogens with one attached hydrogen (secondary N) is 2. The van der Waals surface area contributed by atoms with E-state index in [0.717, 1.165) is 12.1 Å². The second-order valence-electron chi connectivity index (χ2n) is 9.21. The van der Waals surface area contributed by atoms with E-state index in [9.17, 15) is 41.4 Å². The van der Waals surface area contributed by atoms with Crippen molar-refractivity contribution in [1.29, 1.82) is 0 Å². The van der Waals surface area contributed by atoms with Gasteiger partial charge < -0.3 is 25.6 Å². The highest BCUT2D eigenvalue weighted by Gasteiger charge is 2.60. The minimum atomic E-state index is -5.62. The fraction of sp³-hybridized carbons (Fsp3) is 0.600. The highest BCUT2D eigenvalue weighted by molar-refractivity contribution is 7.92. The normalized spacial score (nSPS) is 29.6. The van der Waals surface area contributed by atoms with Gasteiger partial charge in [0.1, 0.15) is 5.60 Å². The Labute approximate surface area is 188 Å². The highest BCUT2D eigenvalue weighted by Crippen LogP contribution is 2.49. The van der Waals surface area contributed by atoms with Gasteiger partial charge in [-0.3, -0.25) is 4.79 Å². The van der Waals surface area contributed by atoms with Crippen molar-refractivity contribution in [2.24, 2.45) is 17.8 Å². The molecule has 6 atom stereocenters. The minimum Gasteiger partial charge on any atom is -0.444 e. The fourth-order valence-electron chi connectivity index (χ4n) is 4.45. The van der Waals surface area contributed by atoms with E-state index in [0.29, 0.717) is 6.07 Å². The molecule has 33 heavy (non-hydrogen) atoms. The average molecular weight is 494 g/mol. The summed E-state index contributed by atoms with van der Waals surface area (Å²) in [7, 11) is -5.62. The van der Waals surface area contributed by atoms with Crippen LogP contribution in [0.1, 0.15) is 27.2 Å². The third kappa shape index (κ3) is 4.94. The van der Waals surface area contributed by atoms with Gasteiger partial charge in [0.2, 0.25) is 5.91 Å². The van der Waals surface area contributed by atoms with Gasteiger partial charge in [-0.2, -0.15) is 13.2 Å². The number of sulfone groups is 1. The maximum atomic E-state index is 13.0. The number of carbonyl (C=O) groups is 2. The first-order valence-corrected chi connectivity index (χ1v) is 11.6. The number of aliphatic hydroxyl groups is 2. The molecule has 2 aliphatic rings. The summed E-state index contributed by atoms with van der Waals surface area (Å²) in [6.07, 6.45) is -3.03. The summed E-state index contributed by atoms with van der Waals surface area (Å²) in [5, 5.41) is 25.4.